The molecule has 1 amide bonds. The van der Waals surface area contributed by atoms with Crippen molar-refractivity contribution in [1.82, 2.24) is 19.2 Å². The molecule has 2 aliphatic rings. The number of amides is 1. The zero-order chi connectivity index (χ0) is 24.8. The number of hydrogen-bond donors (Lipinski definition) is 1. The zero-order valence-corrected chi connectivity index (χ0v) is 21.4. The molecule has 1 fully saturated rings. The van der Waals surface area contributed by atoms with Crippen molar-refractivity contribution in [2.75, 3.05) is 13.1 Å². The summed E-state index contributed by atoms with van der Waals surface area (Å²) in [6.07, 6.45) is 5.72. The fourth-order valence-corrected chi connectivity index (χ4v) is 7.29. The van der Waals surface area contributed by atoms with Gasteiger partial charge in [0.15, 0.2) is 5.03 Å². The van der Waals surface area contributed by atoms with E-state index in [4.69, 9.17) is 11.6 Å². The summed E-state index contributed by atoms with van der Waals surface area (Å²) in [6.45, 7) is 2.76. The van der Waals surface area contributed by atoms with Gasteiger partial charge in [0.1, 0.15) is 0 Å². The van der Waals surface area contributed by atoms with Gasteiger partial charge in [0.25, 0.3) is 15.9 Å². The van der Waals surface area contributed by atoms with E-state index >= 15 is 0 Å². The van der Waals surface area contributed by atoms with E-state index in [9.17, 15) is 13.2 Å². The normalized spacial score (nSPS) is 19.6. The Labute approximate surface area is 211 Å². The number of fused-ring (bicyclic) bond motifs is 2. The average molecular weight is 513 g/mol. The molecule has 3 aromatic rings. The Morgan fingerprint density at radius 1 is 1.20 bits per heavy atom. The predicted octanol–water partition coefficient (Wildman–Crippen LogP) is 3.71. The van der Waals surface area contributed by atoms with Gasteiger partial charge in [0.05, 0.1) is 6.33 Å². The lowest BCUT2D eigenvalue weighted by molar-refractivity contribution is 0.0896. The van der Waals surface area contributed by atoms with Crippen molar-refractivity contribution in [2.24, 2.45) is 7.05 Å². The molecule has 35 heavy (non-hydrogen) atoms. The third-order valence-corrected chi connectivity index (χ3v) is 9.56. The first-order valence-electron chi connectivity index (χ1n) is 11.9. The van der Waals surface area contributed by atoms with Crippen LogP contribution in [0.15, 0.2) is 60.0 Å². The first kappa shape index (κ1) is 24.0. The number of benzene rings is 2. The maximum Gasteiger partial charge on any atom is 0.262 e. The summed E-state index contributed by atoms with van der Waals surface area (Å²) in [5.74, 6) is -0.112. The van der Waals surface area contributed by atoms with Crippen molar-refractivity contribution < 1.29 is 13.2 Å². The van der Waals surface area contributed by atoms with E-state index in [0.29, 0.717) is 42.9 Å². The van der Waals surface area contributed by atoms with Gasteiger partial charge in [0, 0.05) is 48.4 Å². The summed E-state index contributed by atoms with van der Waals surface area (Å²) in [5, 5.41) is 4.01. The van der Waals surface area contributed by atoms with Crippen molar-refractivity contribution in [2.45, 2.75) is 49.1 Å². The maximum atomic E-state index is 13.4. The second-order valence-corrected chi connectivity index (χ2v) is 11.8. The van der Waals surface area contributed by atoms with Crippen molar-refractivity contribution in [3.05, 3.63) is 82.3 Å². The van der Waals surface area contributed by atoms with Crippen LogP contribution in [-0.4, -0.2) is 47.3 Å². The van der Waals surface area contributed by atoms with E-state index < -0.39 is 10.0 Å². The molecule has 1 aromatic heterocycles. The van der Waals surface area contributed by atoms with Gasteiger partial charge in [-0.25, -0.2) is 13.4 Å². The molecule has 0 radical (unpaired) electrons. The third-order valence-electron chi connectivity index (χ3n) is 7.54. The van der Waals surface area contributed by atoms with Crippen LogP contribution >= 0.6 is 11.6 Å². The van der Waals surface area contributed by atoms with Crippen LogP contribution in [0.3, 0.4) is 0 Å². The molecular weight excluding hydrogens is 484 g/mol. The summed E-state index contributed by atoms with van der Waals surface area (Å²) in [6, 6.07) is 13.5. The standard InChI is InChI=1S/C26H29ClN4O3S/c1-3-18-14-20(27)8-9-21(18)25(32)29-23-15-19-6-4-5-7-22(19)26(23)10-12-31(13-11-26)35(33,34)24-16-30(2)17-28-24/h4-9,14,16-17,23H,3,10-13,15H2,1-2H3,(H,29,32). The van der Waals surface area contributed by atoms with E-state index in [1.807, 2.05) is 25.1 Å². The summed E-state index contributed by atoms with van der Waals surface area (Å²) in [5.41, 5.74) is 3.66. The lowest BCUT2D eigenvalue weighted by Gasteiger charge is -2.43. The minimum Gasteiger partial charge on any atom is -0.348 e. The Balaban J connectivity index is 1.42. The average Bonchev–Trinajstić information content (AvgIpc) is 3.42. The minimum absolute atomic E-state index is 0.0717. The second-order valence-electron chi connectivity index (χ2n) is 9.48. The third kappa shape index (κ3) is 4.17. The van der Waals surface area contributed by atoms with Crippen LogP contribution < -0.4 is 5.32 Å². The molecule has 1 saturated heterocycles. The van der Waals surface area contributed by atoms with Crippen LogP contribution in [0.5, 0.6) is 0 Å². The van der Waals surface area contributed by atoms with Crippen LogP contribution in [0.2, 0.25) is 5.02 Å². The van der Waals surface area contributed by atoms with E-state index in [1.165, 1.54) is 28.0 Å². The van der Waals surface area contributed by atoms with Gasteiger partial charge in [-0.05, 0) is 60.6 Å². The Bertz CT molecular complexity index is 1380. The molecule has 1 aliphatic carbocycles. The van der Waals surface area contributed by atoms with Crippen LogP contribution in [0.4, 0.5) is 0 Å². The van der Waals surface area contributed by atoms with Gasteiger partial charge < -0.3 is 9.88 Å². The quantitative estimate of drug-likeness (QED) is 0.564. The molecule has 184 valence electrons. The number of aryl methyl sites for hydroxylation is 2. The van der Waals surface area contributed by atoms with Gasteiger partial charge in [-0.2, -0.15) is 4.31 Å². The van der Waals surface area contributed by atoms with Crippen LogP contribution in [-0.2, 0) is 35.3 Å². The number of aromatic nitrogens is 2. The molecule has 1 N–H and O–H groups in total. The fourth-order valence-electron chi connectivity index (χ4n) is 5.69. The lowest BCUT2D eigenvalue weighted by atomic mass is 9.71. The Hall–Kier alpha value is -2.68. The summed E-state index contributed by atoms with van der Waals surface area (Å²) in [4.78, 5) is 17.5. The van der Waals surface area contributed by atoms with Crippen molar-refractivity contribution in [3.63, 3.8) is 0 Å². The molecule has 1 spiro atoms. The predicted molar refractivity (Wildman–Crippen MR) is 135 cm³/mol. The van der Waals surface area contributed by atoms with E-state index in [2.05, 4.69) is 22.4 Å². The topological polar surface area (TPSA) is 84.3 Å². The molecule has 1 unspecified atom stereocenters. The molecule has 2 aromatic carbocycles. The number of rotatable bonds is 5. The molecular formula is C26H29ClN4O3S. The first-order chi connectivity index (χ1) is 16.7. The Morgan fingerprint density at radius 3 is 2.63 bits per heavy atom. The summed E-state index contributed by atoms with van der Waals surface area (Å²) < 4.78 is 29.5. The SMILES string of the molecule is CCc1cc(Cl)ccc1C(=O)NC1Cc2ccccc2C12CCN(S(=O)(=O)c1cn(C)cn1)CC2. The van der Waals surface area contributed by atoms with Gasteiger partial charge in [-0.3, -0.25) is 4.79 Å². The molecule has 7 nitrogen and oxygen atoms in total. The van der Waals surface area contributed by atoms with Crippen molar-refractivity contribution in [1.29, 1.82) is 0 Å². The Morgan fingerprint density at radius 2 is 1.94 bits per heavy atom. The number of nitrogens with one attached hydrogen (secondary N) is 1. The van der Waals surface area contributed by atoms with Gasteiger partial charge in [0.2, 0.25) is 0 Å². The lowest BCUT2D eigenvalue weighted by Crippen LogP contribution is -2.54. The smallest absolute Gasteiger partial charge is 0.262 e. The second kappa shape index (κ2) is 9.08. The summed E-state index contributed by atoms with van der Waals surface area (Å²) in [7, 11) is -1.91. The molecule has 0 saturated carbocycles. The number of carbonyl (C=O) groups excluding carboxylic acids is 1. The molecule has 2 heterocycles. The van der Waals surface area contributed by atoms with Crippen LogP contribution in [0, 0.1) is 0 Å². The number of carbonyl (C=O) groups is 1. The number of halogens is 1. The van der Waals surface area contributed by atoms with Crippen LogP contribution in [0.25, 0.3) is 0 Å². The highest BCUT2D eigenvalue weighted by molar-refractivity contribution is 7.89. The van der Waals surface area contributed by atoms with Crippen LogP contribution in [0.1, 0.15) is 46.8 Å². The molecule has 5 rings (SSSR count). The van der Waals surface area contributed by atoms with Gasteiger partial charge in [-0.1, -0.05) is 42.8 Å². The monoisotopic (exact) mass is 512 g/mol. The van der Waals surface area contributed by atoms with Crippen molar-refractivity contribution in [3.8, 4) is 0 Å². The number of sulfonamides is 1. The molecule has 1 atom stereocenters. The van der Waals surface area contributed by atoms with Gasteiger partial charge in [-0.15, -0.1) is 0 Å². The van der Waals surface area contributed by atoms with Gasteiger partial charge >= 0.3 is 0 Å². The highest BCUT2D eigenvalue weighted by Gasteiger charge is 2.50. The number of imidazole rings is 1. The highest BCUT2D eigenvalue weighted by atomic mass is 35.5. The van der Waals surface area contributed by atoms with E-state index in [0.717, 1.165) is 12.0 Å². The fraction of sp³-hybridized carbons (Fsp3) is 0.385. The molecule has 0 bridgehead atoms. The maximum absolute atomic E-state index is 13.4. The minimum atomic E-state index is -3.66. The number of hydrogen-bond acceptors (Lipinski definition) is 4. The number of nitrogens with zero attached hydrogens (tertiary/aromatic N) is 3. The van der Waals surface area contributed by atoms with E-state index in [-0.39, 0.29) is 22.4 Å². The Kier molecular flexibility index (Phi) is 6.23. The number of piperidine rings is 1. The first-order valence-corrected chi connectivity index (χ1v) is 13.7. The molecule has 1 aliphatic heterocycles. The zero-order valence-electron chi connectivity index (χ0n) is 19.9. The molecule has 9 heteroatoms. The largest absolute Gasteiger partial charge is 0.348 e. The van der Waals surface area contributed by atoms with Crippen molar-refractivity contribution >= 4 is 27.5 Å². The summed E-state index contributed by atoms with van der Waals surface area (Å²) >= 11 is 6.15. The highest BCUT2D eigenvalue weighted by Crippen LogP contribution is 2.47. The van der Waals surface area contributed by atoms with E-state index in [1.54, 1.807) is 23.7 Å².